The predicted octanol–water partition coefficient (Wildman–Crippen LogP) is 4.34. The van der Waals surface area contributed by atoms with Gasteiger partial charge in [-0.3, -0.25) is 9.59 Å². The number of nitrogens with one attached hydrogen (secondary N) is 1. The number of carbonyl (C=O) groups excluding carboxylic acids is 2. The van der Waals surface area contributed by atoms with E-state index in [9.17, 15) is 9.59 Å². The fourth-order valence-electron chi connectivity index (χ4n) is 4.12. The van der Waals surface area contributed by atoms with Crippen molar-refractivity contribution in [1.29, 1.82) is 0 Å². The number of hydrogen-bond acceptors (Lipinski definition) is 6. The summed E-state index contributed by atoms with van der Waals surface area (Å²) in [5.74, 6) is 0.361. The van der Waals surface area contributed by atoms with Crippen molar-refractivity contribution in [3.63, 3.8) is 0 Å². The van der Waals surface area contributed by atoms with Crippen molar-refractivity contribution in [2.75, 3.05) is 40.9 Å². The Labute approximate surface area is 205 Å². The summed E-state index contributed by atoms with van der Waals surface area (Å²) in [5.41, 5.74) is 2.91. The van der Waals surface area contributed by atoms with E-state index in [4.69, 9.17) is 30.5 Å². The number of hydrogen-bond donors (Lipinski definition) is 1. The normalized spacial score (nSPS) is 15.3. The fraction of sp³-hybridized carbons (Fsp3) is 0.440. The number of rotatable bonds is 10. The topological polar surface area (TPSA) is 86.3 Å². The molecule has 2 aromatic carbocycles. The summed E-state index contributed by atoms with van der Waals surface area (Å²) in [6, 6.07) is 8.63. The van der Waals surface area contributed by atoms with Crippen LogP contribution in [0.3, 0.4) is 0 Å². The molecule has 1 aliphatic rings. The second-order valence-electron chi connectivity index (χ2n) is 7.97. The number of likely N-dealkylation sites (tertiary alicyclic amines) is 1. The van der Waals surface area contributed by atoms with Crippen LogP contribution in [0, 0.1) is 6.92 Å². The van der Waals surface area contributed by atoms with E-state index < -0.39 is 0 Å². The van der Waals surface area contributed by atoms with Crippen molar-refractivity contribution in [2.24, 2.45) is 0 Å². The number of halogens is 1. The maximum Gasteiger partial charge on any atom is 0.258 e. The van der Waals surface area contributed by atoms with Crippen LogP contribution in [0.1, 0.15) is 57.7 Å². The molecule has 2 aromatic rings. The Hall–Kier alpha value is -2.81. The summed E-state index contributed by atoms with van der Waals surface area (Å²) >= 11 is 6.40. The van der Waals surface area contributed by atoms with Crippen molar-refractivity contribution in [2.45, 2.75) is 32.7 Å². The predicted molar refractivity (Wildman–Crippen MR) is 129 cm³/mol. The van der Waals surface area contributed by atoms with Gasteiger partial charge in [0, 0.05) is 38.9 Å². The summed E-state index contributed by atoms with van der Waals surface area (Å²) in [5, 5.41) is 3.09. The molecule has 184 valence electrons. The Morgan fingerprint density at radius 3 is 2.44 bits per heavy atom. The van der Waals surface area contributed by atoms with E-state index in [0.717, 1.165) is 24.0 Å². The third kappa shape index (κ3) is 5.81. The molecule has 1 saturated heterocycles. The van der Waals surface area contributed by atoms with Gasteiger partial charge in [0.15, 0.2) is 13.6 Å². The zero-order valence-corrected chi connectivity index (χ0v) is 20.7. The molecular formula is C25H31ClN2O6. The summed E-state index contributed by atoms with van der Waals surface area (Å²) in [6.45, 7) is 4.99. The molecule has 1 atom stereocenters. The van der Waals surface area contributed by atoms with E-state index in [1.54, 1.807) is 18.2 Å². The highest BCUT2D eigenvalue weighted by Crippen LogP contribution is 2.39. The molecule has 0 saturated carbocycles. The minimum atomic E-state index is -0.194. The number of ether oxygens (including phenoxy) is 4. The van der Waals surface area contributed by atoms with Gasteiger partial charge in [0.25, 0.3) is 11.8 Å². The van der Waals surface area contributed by atoms with E-state index >= 15 is 0 Å². The Morgan fingerprint density at radius 1 is 1.09 bits per heavy atom. The van der Waals surface area contributed by atoms with Gasteiger partial charge in [0.2, 0.25) is 0 Å². The summed E-state index contributed by atoms with van der Waals surface area (Å²) in [7, 11) is 3.01. The first-order chi connectivity index (χ1) is 16.4. The van der Waals surface area contributed by atoms with E-state index in [1.807, 2.05) is 30.9 Å². The zero-order valence-electron chi connectivity index (χ0n) is 20.0. The zero-order chi connectivity index (χ0) is 24.7. The molecule has 1 fully saturated rings. The number of nitrogens with zero attached hydrogens (tertiary/aromatic N) is 1. The first-order valence-corrected chi connectivity index (χ1v) is 11.6. The third-order valence-electron chi connectivity index (χ3n) is 5.67. The minimum Gasteiger partial charge on any atom is -0.467 e. The van der Waals surface area contributed by atoms with Crippen LogP contribution in [0.4, 0.5) is 0 Å². The van der Waals surface area contributed by atoms with E-state index in [1.165, 1.54) is 14.2 Å². The number of benzene rings is 2. The lowest BCUT2D eigenvalue weighted by atomic mass is 9.96. The van der Waals surface area contributed by atoms with Crippen molar-refractivity contribution in [1.82, 2.24) is 10.2 Å². The van der Waals surface area contributed by atoms with Gasteiger partial charge >= 0.3 is 0 Å². The van der Waals surface area contributed by atoms with E-state index in [-0.39, 0.29) is 36.5 Å². The number of amides is 2. The standard InChI is InChI=1S/C25H31ClN2O6/c1-5-27-24(29)17-8-9-18(16(2)11-17)21-7-6-10-28(21)25(30)19-12-20(26)23(34-15-32-4)13-22(19)33-14-31-3/h8-9,11-13,21H,5-7,10,14-15H2,1-4H3,(H,27,29). The molecule has 1 heterocycles. The van der Waals surface area contributed by atoms with Gasteiger partial charge in [-0.05, 0) is 56.0 Å². The Morgan fingerprint density at radius 2 is 1.79 bits per heavy atom. The van der Waals surface area contributed by atoms with Crippen LogP contribution in [0.25, 0.3) is 0 Å². The molecule has 2 amide bonds. The highest BCUT2D eigenvalue weighted by molar-refractivity contribution is 6.32. The van der Waals surface area contributed by atoms with E-state index in [2.05, 4.69) is 5.32 Å². The molecule has 3 rings (SSSR count). The minimum absolute atomic E-state index is 0.0104. The fourth-order valence-corrected chi connectivity index (χ4v) is 4.34. The molecule has 1 N–H and O–H groups in total. The van der Waals surface area contributed by atoms with Gasteiger partial charge < -0.3 is 29.2 Å². The first kappa shape index (κ1) is 25.8. The Balaban J connectivity index is 1.91. The van der Waals surface area contributed by atoms with Gasteiger partial charge in [-0.15, -0.1) is 0 Å². The number of carbonyl (C=O) groups is 2. The second-order valence-corrected chi connectivity index (χ2v) is 8.38. The summed E-state index contributed by atoms with van der Waals surface area (Å²) in [4.78, 5) is 27.7. The van der Waals surface area contributed by atoms with Crippen LogP contribution in [0.5, 0.6) is 11.5 Å². The molecule has 0 spiro atoms. The lowest BCUT2D eigenvalue weighted by molar-refractivity contribution is 0.0448. The van der Waals surface area contributed by atoms with Crippen molar-refractivity contribution < 1.29 is 28.5 Å². The third-order valence-corrected chi connectivity index (χ3v) is 5.97. The van der Waals surface area contributed by atoms with Crippen LogP contribution >= 0.6 is 11.6 Å². The molecule has 8 nitrogen and oxygen atoms in total. The van der Waals surface area contributed by atoms with Gasteiger partial charge in [0.1, 0.15) is 11.5 Å². The molecular weight excluding hydrogens is 460 g/mol. The Bertz CT molecular complexity index is 1030. The van der Waals surface area contributed by atoms with Crippen LogP contribution in [-0.2, 0) is 9.47 Å². The SMILES string of the molecule is CCNC(=O)c1ccc(C2CCCN2C(=O)c2cc(Cl)c(OCOC)cc2OCOC)c(C)c1. The molecule has 1 aliphatic heterocycles. The average molecular weight is 491 g/mol. The van der Waals surface area contributed by atoms with Gasteiger partial charge in [0.05, 0.1) is 16.6 Å². The lowest BCUT2D eigenvalue weighted by Gasteiger charge is -2.27. The number of methoxy groups -OCH3 is 2. The monoisotopic (exact) mass is 490 g/mol. The van der Waals surface area contributed by atoms with Gasteiger partial charge in [-0.1, -0.05) is 17.7 Å². The van der Waals surface area contributed by atoms with Gasteiger partial charge in [-0.2, -0.15) is 0 Å². The highest BCUT2D eigenvalue weighted by atomic mass is 35.5. The van der Waals surface area contributed by atoms with E-state index in [0.29, 0.717) is 35.7 Å². The quantitative estimate of drug-likeness (QED) is 0.498. The smallest absolute Gasteiger partial charge is 0.258 e. The van der Waals surface area contributed by atoms with Crippen LogP contribution in [0.2, 0.25) is 5.02 Å². The molecule has 0 aliphatic carbocycles. The maximum atomic E-state index is 13.7. The van der Waals surface area contributed by atoms with Gasteiger partial charge in [-0.25, -0.2) is 0 Å². The first-order valence-electron chi connectivity index (χ1n) is 11.2. The summed E-state index contributed by atoms with van der Waals surface area (Å²) < 4.78 is 21.1. The second kappa shape index (κ2) is 12.1. The molecule has 34 heavy (non-hydrogen) atoms. The summed E-state index contributed by atoms with van der Waals surface area (Å²) in [6.07, 6.45) is 1.69. The molecule has 1 unspecified atom stereocenters. The van der Waals surface area contributed by atoms with Crippen molar-refractivity contribution >= 4 is 23.4 Å². The van der Waals surface area contributed by atoms with Crippen molar-refractivity contribution in [3.05, 3.63) is 57.6 Å². The molecule has 0 bridgehead atoms. The van der Waals surface area contributed by atoms with Crippen LogP contribution in [0.15, 0.2) is 30.3 Å². The number of aryl methyl sites for hydroxylation is 1. The molecule has 9 heteroatoms. The molecule has 0 radical (unpaired) electrons. The van der Waals surface area contributed by atoms with Crippen LogP contribution < -0.4 is 14.8 Å². The maximum absolute atomic E-state index is 13.7. The molecule has 0 aromatic heterocycles. The Kier molecular flexibility index (Phi) is 9.15. The lowest BCUT2D eigenvalue weighted by Crippen LogP contribution is -2.31. The van der Waals surface area contributed by atoms with Crippen molar-refractivity contribution in [3.8, 4) is 11.5 Å². The highest BCUT2D eigenvalue weighted by Gasteiger charge is 2.33. The largest absolute Gasteiger partial charge is 0.467 e. The average Bonchev–Trinajstić information content (AvgIpc) is 3.31. The van der Waals surface area contributed by atoms with Crippen LogP contribution in [-0.4, -0.2) is 57.6 Å².